The van der Waals surface area contributed by atoms with Gasteiger partial charge in [0.1, 0.15) is 73.1 Å². The average Bonchev–Trinajstić information content (AvgIpc) is 0.815. The van der Waals surface area contributed by atoms with Crippen LogP contribution in [0.5, 0.6) is 0 Å². The van der Waals surface area contributed by atoms with Crippen LogP contribution in [0, 0.1) is 17.8 Å². The van der Waals surface area contributed by atoms with E-state index < -0.39 is 216 Å². The van der Waals surface area contributed by atoms with E-state index in [-0.39, 0.29) is 109 Å². The maximum atomic E-state index is 14.5. The zero-order chi connectivity index (χ0) is 105. The predicted octanol–water partition coefficient (Wildman–Crippen LogP) is 9.30. The monoisotopic (exact) mass is 2130 g/mol. The fourth-order valence-corrected chi connectivity index (χ4v) is 22.7. The summed E-state index contributed by atoms with van der Waals surface area (Å²) < 4.78 is 128. The molecule has 0 spiro atoms. The summed E-state index contributed by atoms with van der Waals surface area (Å²) >= 11 is 0. The maximum Gasteiger partial charge on any atom is 0.472 e. The Morgan fingerprint density at radius 3 is 0.776 bits per heavy atom. The summed E-state index contributed by atoms with van der Waals surface area (Å²) in [4.78, 5) is 125. The van der Waals surface area contributed by atoms with Gasteiger partial charge in [-0.05, 0) is 77.0 Å². The lowest BCUT2D eigenvalue weighted by Gasteiger charge is -2.42. The molecular weight excluding hydrogens is 1950 g/mol. The van der Waals surface area contributed by atoms with Crippen LogP contribution in [-0.2, 0) is 107 Å². The number of amides is 6. The van der Waals surface area contributed by atoms with Crippen molar-refractivity contribution >= 4 is 66.5 Å². The lowest BCUT2D eigenvalue weighted by Crippen LogP contribution is -2.64. The molecule has 17 N–H and O–H groups in total. The first-order valence-electron chi connectivity index (χ1n) is 53.3. The van der Waals surface area contributed by atoms with Gasteiger partial charge in [-0.15, -0.1) is 0 Å². The zero-order valence-corrected chi connectivity index (χ0v) is 88.9. The second-order valence-corrected chi connectivity index (χ2v) is 45.8. The number of phosphoric ester groups is 3. The molecule has 0 aromatic heterocycles. The van der Waals surface area contributed by atoms with E-state index in [2.05, 4.69) is 16.0 Å². The highest BCUT2D eigenvalue weighted by atomic mass is 31.2. The van der Waals surface area contributed by atoms with Gasteiger partial charge >= 0.3 is 31.1 Å². The van der Waals surface area contributed by atoms with E-state index >= 15 is 0 Å². The number of unbranched alkanes of at least 4 members (excludes halogenated alkanes) is 38. The molecule has 6 amide bonds. The fraction of sp³-hybridized carbons (Fsp3) is 0.938. The van der Waals surface area contributed by atoms with Gasteiger partial charge in [-0.2, -0.15) is 0 Å². The van der Waals surface area contributed by atoms with Crippen molar-refractivity contribution in [3.63, 3.8) is 0 Å². The summed E-state index contributed by atoms with van der Waals surface area (Å²) in [5.41, 5.74) is 0. The third kappa shape index (κ3) is 51.8. The molecule has 25 atom stereocenters. The molecular formula is C96H180N6O37P4. The van der Waals surface area contributed by atoms with E-state index in [1.165, 1.54) is 30.6 Å². The van der Waals surface area contributed by atoms with Gasteiger partial charge in [0, 0.05) is 130 Å². The number of carbonyl (C=O) groups is 6. The van der Waals surface area contributed by atoms with Gasteiger partial charge in [0.15, 0.2) is 18.9 Å². The number of ether oxygens (including phenoxy) is 6. The van der Waals surface area contributed by atoms with E-state index in [9.17, 15) is 118 Å². The van der Waals surface area contributed by atoms with E-state index in [0.29, 0.717) is 58.5 Å². The Bertz CT molecular complexity index is 3710. The summed E-state index contributed by atoms with van der Waals surface area (Å²) in [6.45, 7) is 2.43. The molecule has 6 aliphatic heterocycles. The summed E-state index contributed by atoms with van der Waals surface area (Å²) in [5, 5.41) is 109. The number of carbonyl (C=O) groups excluding carboxylic acids is 6. The quantitative estimate of drug-likeness (QED) is 0.0199. The minimum absolute atomic E-state index is 0.0326. The van der Waals surface area contributed by atoms with Crippen LogP contribution in [0.3, 0.4) is 0 Å². The standard InChI is InChI=1S/C96H180N6O37P4/c1-70(107)97-85-91(116)88(113)79(65-104)134-94(85)127-56-42-35-29-23-17-11-5-8-14-20-26-32-39-47-82(110)100-53-50-73(64-103)76(61-100)137-142(123,124)132-69-75-52-55-102(84(112)49-41-34-28-22-16-10-7-13-19-25-31-37-44-58-129-96-87(99-72(3)109)93(118)90(115)81(67-106)136-96)63-78(75)139-143(125,126)133-68-74-51-54-101(62-77(74)138-141(121,122)131-60-46-38-45-59-130-140(4,119)120)83(111)48-40-33-27-21-15-9-6-12-18-24-30-36-43-57-128-95-86(98-71(2)108)92(117)89(114)80(66-105)135-95/h73-81,85-96,103-106,113-118H,5-69H2,1-4H3,(H,97,107)(H,98,108)(H,99,109)(H,119,120)(H,121,122)(H,123,124)(H,125,126)/t73-,74-,75-,76+,77+,78+,79?,80?,81?,85?,86?,87?,88?,89?,90?,91?,92?,93?,94?,95?,96?/m1/s1. The van der Waals surface area contributed by atoms with Gasteiger partial charge in [-0.3, -0.25) is 60.5 Å². The number of phosphoric acid groups is 3. The number of hydrogen-bond donors (Lipinski definition) is 17. The Kier molecular flexibility index (Phi) is 64.2. The largest absolute Gasteiger partial charge is 0.472 e. The SMILES string of the molecule is CC(=O)NC1C(OCCCCCCCCCCCCCCCC(=O)N2CC[C@H](COP(=O)(O)O[C@H]3CN(C(=O)CCCCCCCCCCCCCCCOC4OC(CO)C(O)C(O)C4NC(C)=O)CC[C@@H]3COP(=O)(O)O[C@H]3CN(C(=O)CCCCCCCCCCCCCCCOC4OC(CO)C(O)C(O)C4NC(C)=O)CC[C@@H]3CO)[C@@H](OP(=O)(O)OCCCCCOP(C)(=O)O)C2)OC(CO)C(O)C1O. The third-order valence-corrected chi connectivity index (χ3v) is 31.4. The summed E-state index contributed by atoms with van der Waals surface area (Å²) in [7, 11) is -18.9. The molecule has 0 saturated carbocycles. The summed E-state index contributed by atoms with van der Waals surface area (Å²) in [6, 6.07) is -2.94. The molecule has 6 aliphatic rings. The highest BCUT2D eigenvalue weighted by molar-refractivity contribution is 7.51. The van der Waals surface area contributed by atoms with Crippen LogP contribution in [-0.4, -0.2) is 350 Å². The molecule has 47 heteroatoms. The van der Waals surface area contributed by atoms with E-state index in [1.807, 2.05) is 0 Å². The van der Waals surface area contributed by atoms with Crippen molar-refractivity contribution in [2.24, 2.45) is 17.8 Å². The van der Waals surface area contributed by atoms with Crippen molar-refractivity contribution in [2.45, 2.75) is 439 Å². The Hall–Kier alpha value is -3.34. The first kappa shape index (κ1) is 128. The molecule has 19 unspecified atom stereocenters. The topological polar surface area (TPSA) is 620 Å². The Morgan fingerprint density at radius 2 is 0.524 bits per heavy atom. The first-order valence-corrected chi connectivity index (χ1v) is 59.8. The zero-order valence-electron chi connectivity index (χ0n) is 85.4. The second-order valence-electron chi connectivity index (χ2n) is 39.8. The Labute approximate surface area is 846 Å². The molecule has 143 heavy (non-hydrogen) atoms. The number of likely N-dealkylation sites (tertiary alicyclic amines) is 3. The van der Waals surface area contributed by atoms with Gasteiger partial charge in [0.05, 0.1) is 64.6 Å². The lowest BCUT2D eigenvalue weighted by atomic mass is 9.94. The first-order chi connectivity index (χ1) is 68.4. The van der Waals surface area contributed by atoms with Gasteiger partial charge in [0.25, 0.3) is 0 Å². The predicted molar refractivity (Wildman–Crippen MR) is 527 cm³/mol. The number of nitrogens with zero attached hydrogens (tertiary/aromatic N) is 3. The Balaban J connectivity index is 0.958. The molecule has 0 bridgehead atoms. The molecule has 0 aromatic carbocycles. The van der Waals surface area contributed by atoms with Crippen molar-refractivity contribution in [3.05, 3.63) is 0 Å². The van der Waals surface area contributed by atoms with Crippen molar-refractivity contribution in [2.75, 3.05) is 119 Å². The van der Waals surface area contributed by atoms with Gasteiger partial charge < -0.3 is 134 Å². The molecule has 6 heterocycles. The molecule has 0 aromatic rings. The van der Waals surface area contributed by atoms with Crippen molar-refractivity contribution in [1.29, 1.82) is 0 Å². The third-order valence-electron chi connectivity index (χ3n) is 27.7. The molecule has 6 saturated heterocycles. The Morgan fingerprint density at radius 1 is 0.301 bits per heavy atom. The highest BCUT2D eigenvalue weighted by Gasteiger charge is 2.50. The summed E-state index contributed by atoms with van der Waals surface area (Å²) in [5.74, 6) is -4.35. The van der Waals surface area contributed by atoms with Crippen LogP contribution in [0.15, 0.2) is 0 Å². The van der Waals surface area contributed by atoms with E-state index in [1.54, 1.807) is 4.90 Å². The molecule has 6 fully saturated rings. The molecule has 6 rings (SSSR count). The van der Waals surface area contributed by atoms with Gasteiger partial charge in [-0.1, -0.05) is 212 Å². The van der Waals surface area contributed by atoms with Crippen molar-refractivity contribution < 1.29 is 178 Å². The van der Waals surface area contributed by atoms with Crippen LogP contribution < -0.4 is 16.0 Å². The van der Waals surface area contributed by atoms with Crippen LogP contribution in [0.25, 0.3) is 0 Å². The number of rotatable bonds is 78. The van der Waals surface area contributed by atoms with Gasteiger partial charge in [0.2, 0.25) is 35.4 Å². The van der Waals surface area contributed by atoms with Crippen LogP contribution in [0.1, 0.15) is 329 Å². The molecule has 43 nitrogen and oxygen atoms in total. The van der Waals surface area contributed by atoms with E-state index in [4.69, 9.17) is 60.1 Å². The number of aliphatic hydroxyl groups is 10. The van der Waals surface area contributed by atoms with Crippen LogP contribution in [0.2, 0.25) is 0 Å². The molecule has 836 valence electrons. The lowest BCUT2D eigenvalue weighted by molar-refractivity contribution is -0.270. The normalized spacial score (nSPS) is 28.3. The van der Waals surface area contributed by atoms with Crippen molar-refractivity contribution in [1.82, 2.24) is 30.7 Å². The maximum absolute atomic E-state index is 14.5. The second kappa shape index (κ2) is 71.5. The molecule has 0 aliphatic carbocycles. The van der Waals surface area contributed by atoms with Gasteiger partial charge in [-0.25, -0.2) is 13.7 Å². The minimum Gasteiger partial charge on any atom is -0.396 e. The number of piperidine rings is 3. The highest BCUT2D eigenvalue weighted by Crippen LogP contribution is 2.52. The van der Waals surface area contributed by atoms with Crippen LogP contribution in [0.4, 0.5) is 0 Å². The number of nitrogens with one attached hydrogen (secondary N) is 3. The van der Waals surface area contributed by atoms with Crippen molar-refractivity contribution in [3.8, 4) is 0 Å². The number of aliphatic hydroxyl groups excluding tert-OH is 10. The molecule has 0 radical (unpaired) electrons. The smallest absolute Gasteiger partial charge is 0.396 e. The summed E-state index contributed by atoms with van der Waals surface area (Å²) in [6.07, 6.45) is 21.0. The number of hydrogen-bond acceptors (Lipinski definition) is 33. The average molecular weight is 2130 g/mol. The van der Waals surface area contributed by atoms with Crippen LogP contribution >= 0.6 is 31.1 Å². The minimum atomic E-state index is -5.20. The van der Waals surface area contributed by atoms with E-state index in [0.717, 1.165) is 238 Å². The fourth-order valence-electron chi connectivity index (χ4n) is 19.2.